The summed E-state index contributed by atoms with van der Waals surface area (Å²) in [5.74, 6) is -1.48. The zero-order valence-corrected chi connectivity index (χ0v) is 51.0. The van der Waals surface area contributed by atoms with Gasteiger partial charge in [-0.15, -0.1) is 0 Å². The van der Waals surface area contributed by atoms with Gasteiger partial charge in [-0.2, -0.15) is 0 Å². The lowest BCUT2D eigenvalue weighted by Crippen LogP contribution is -2.55. The first kappa shape index (κ1) is 94.5. The molecule has 0 aliphatic heterocycles. The third-order valence-corrected chi connectivity index (χ3v) is 12.8. The number of aliphatic hydroxyl groups excluding tert-OH is 11. The van der Waals surface area contributed by atoms with Crippen molar-refractivity contribution in [2.24, 2.45) is 0 Å². The number of hydrogen-bond donors (Lipinski definition) is 13. The van der Waals surface area contributed by atoms with Gasteiger partial charge < -0.3 is 71.5 Å². The van der Waals surface area contributed by atoms with Crippen LogP contribution in [-0.4, -0.2) is 176 Å². The van der Waals surface area contributed by atoms with Gasteiger partial charge in [0.25, 0.3) is 0 Å². The molecular weight excluding hydrogens is 1340 g/mol. The van der Waals surface area contributed by atoms with Crippen molar-refractivity contribution in [2.75, 3.05) is 33.9 Å². The van der Waals surface area contributed by atoms with E-state index in [4.69, 9.17) is 46.4 Å². The molecule has 85 heavy (non-hydrogen) atoms. The molecule has 0 spiro atoms. The summed E-state index contributed by atoms with van der Waals surface area (Å²) in [6.07, 6.45) is -5.73. The number of hydrogen-bond acceptors (Lipinski definition) is 16. The Kier molecular flexibility index (Phi) is 44.8. The molecule has 18 nitrogen and oxygen atoms in total. The van der Waals surface area contributed by atoms with Crippen LogP contribution in [0.1, 0.15) is 142 Å². The molecule has 0 heterocycles. The highest BCUT2D eigenvalue weighted by Crippen LogP contribution is 3.00. The number of likely N-dealkylation sites (N-methyl/N-ethyl adjacent to an activating group) is 2. The Hall–Kier alpha value is -1.63. The van der Waals surface area contributed by atoms with Crippen molar-refractivity contribution in [1.82, 2.24) is 10.2 Å². The van der Waals surface area contributed by atoms with Crippen LogP contribution in [0.4, 0.5) is 58.3 Å². The van der Waals surface area contributed by atoms with Gasteiger partial charge in [0.15, 0.2) is 6.23 Å². The Balaban J connectivity index is -0.000000250. The number of carbonyl (C=O) groups excluding carboxylic acids is 2. The lowest BCUT2D eigenvalue weighted by atomic mass is 10.0. The van der Waals surface area contributed by atoms with Gasteiger partial charge in [-0.1, -0.05) is 142 Å². The average molecular weight is 1430 g/mol. The summed E-state index contributed by atoms with van der Waals surface area (Å²) >= 11 is 5.11. The van der Waals surface area contributed by atoms with Gasteiger partial charge in [-0.05, 0) is 76.4 Å². The summed E-state index contributed by atoms with van der Waals surface area (Å²) in [5.41, 5.74) is 0. The molecule has 522 valence electrons. The first-order chi connectivity index (χ1) is 37.5. The predicted octanol–water partition coefficient (Wildman–Crippen LogP) is 12.0. The van der Waals surface area contributed by atoms with Crippen LogP contribution in [0.2, 0.25) is 0 Å². The molecule has 1 amide bonds. The van der Waals surface area contributed by atoms with Crippen molar-refractivity contribution in [3.63, 3.8) is 0 Å². The van der Waals surface area contributed by atoms with Crippen LogP contribution in [0.5, 0.6) is 0 Å². The molecule has 13 N–H and O–H groups in total. The monoisotopic (exact) mass is 1430 g/mol. The molecule has 0 aromatic heterocycles. The maximum atomic E-state index is 12.1. The molecule has 0 aromatic rings. The van der Waals surface area contributed by atoms with Crippen LogP contribution < -0.4 is 5.32 Å². The van der Waals surface area contributed by atoms with E-state index in [2.05, 4.69) is 26.7 Å². The van der Waals surface area contributed by atoms with E-state index in [0.717, 1.165) is 24.8 Å². The SMILES string of the molecule is C.CN(C(=O)CCCCCCC/C=C/S(F)(F)(F)(F)F)C(O)C(O)C(O)C(O)C(O)CO.CNCC(O)C(O)C(O)C(O)CO.O=C(Cl)CCCCCCC/C=C/S(F)(F)(F)(F)F.O=C(O)CCCCCCC/C=C/S(F)(F)(F)(F)F.O=S(Cl)Cl. The Morgan fingerprint density at radius 1 is 0.482 bits per heavy atom. The lowest BCUT2D eigenvalue weighted by molar-refractivity contribution is -0.175. The maximum absolute atomic E-state index is 12.1. The minimum atomic E-state index is -9.51. The fraction of sp³-hybridized carbons (Fsp3) is 0.800. The first-order valence-corrected chi connectivity index (χ1v) is 34.3. The number of unbranched alkanes of at least 4 members (excludes halogenated alkanes) is 15. The quantitative estimate of drug-likeness (QED) is 0.0118. The Morgan fingerprint density at radius 3 is 1.04 bits per heavy atom. The summed E-state index contributed by atoms with van der Waals surface area (Å²) in [7, 11) is -18.2. The van der Waals surface area contributed by atoms with Crippen LogP contribution in [0, 0.1) is 0 Å². The Labute approximate surface area is 501 Å². The minimum absolute atomic E-state index is 0. The van der Waals surface area contributed by atoms with Gasteiger partial charge in [0.1, 0.15) is 42.7 Å². The van der Waals surface area contributed by atoms with E-state index in [1.54, 1.807) is 7.05 Å². The Bertz CT molecular complexity index is 1910. The largest absolute Gasteiger partial charge is 0.481 e. The van der Waals surface area contributed by atoms with Crippen LogP contribution in [0.25, 0.3) is 0 Å². The van der Waals surface area contributed by atoms with E-state index in [-0.39, 0.29) is 58.9 Å². The second kappa shape index (κ2) is 40.3. The Morgan fingerprint density at radius 2 is 0.753 bits per heavy atom. The van der Waals surface area contributed by atoms with Crippen LogP contribution in [-0.2, 0) is 23.6 Å². The molecule has 0 saturated heterocycles. The van der Waals surface area contributed by atoms with E-state index in [0.29, 0.717) is 95.3 Å². The van der Waals surface area contributed by atoms with Crippen molar-refractivity contribution in [3.8, 4) is 0 Å². The van der Waals surface area contributed by atoms with Gasteiger partial charge in [0.2, 0.25) is 20.4 Å². The number of nitrogens with zero attached hydrogens (tertiary/aromatic N) is 1. The van der Waals surface area contributed by atoms with Gasteiger partial charge >= 0.3 is 36.6 Å². The number of allylic oxidation sites excluding steroid dienone is 3. The second-order valence-electron chi connectivity index (χ2n) is 18.5. The van der Waals surface area contributed by atoms with Crippen molar-refractivity contribution >= 4 is 90.0 Å². The second-order valence-corrected chi connectivity index (χ2v) is 28.5. The van der Waals surface area contributed by atoms with Crippen molar-refractivity contribution < 1.29 is 138 Å². The predicted molar refractivity (Wildman–Crippen MR) is 304 cm³/mol. The third-order valence-electron chi connectivity index (χ3n) is 10.4. The van der Waals surface area contributed by atoms with E-state index in [1.165, 1.54) is 0 Å². The molecule has 0 radical (unpaired) electrons. The molecule has 0 aliphatic carbocycles. The number of carboxylic acid groups (broad SMARTS) is 1. The molecule has 0 aromatic carbocycles. The minimum Gasteiger partial charge on any atom is -0.481 e. The highest BCUT2D eigenvalue weighted by Gasteiger charge is 2.62. The normalized spacial score (nSPS) is 17.8. The number of amides is 1. The fourth-order valence-corrected chi connectivity index (χ4v) is 7.74. The molecule has 0 fully saturated rings. The highest BCUT2D eigenvalue weighted by atomic mass is 36.0. The number of aliphatic hydroxyl groups is 11. The van der Waals surface area contributed by atoms with Gasteiger partial charge in [-0.3, -0.25) is 14.4 Å². The number of carbonyl (C=O) groups is 3. The van der Waals surface area contributed by atoms with Gasteiger partial charge in [-0.25, -0.2) is 4.21 Å². The number of halogens is 18. The molecule has 0 rings (SSSR count). The van der Waals surface area contributed by atoms with Gasteiger partial charge in [0.05, 0.1) is 35.5 Å². The van der Waals surface area contributed by atoms with E-state index >= 15 is 0 Å². The van der Waals surface area contributed by atoms with Crippen molar-refractivity contribution in [2.45, 2.75) is 197 Å². The molecule has 0 saturated carbocycles. The zero-order valence-electron chi connectivity index (χ0n) is 45.5. The molecular formula is C45H86Cl3F15N2O16S4. The third kappa shape index (κ3) is 71.3. The molecule has 0 aliphatic rings. The van der Waals surface area contributed by atoms with Crippen LogP contribution >= 0.6 is 63.6 Å². The topological polar surface area (TPSA) is 326 Å². The van der Waals surface area contributed by atoms with E-state index < -0.39 is 142 Å². The summed E-state index contributed by atoms with van der Waals surface area (Å²) in [4.78, 5) is 33.3. The summed E-state index contributed by atoms with van der Waals surface area (Å²) in [6, 6.07) is 0. The molecule has 9 atom stereocenters. The summed E-state index contributed by atoms with van der Waals surface area (Å²) in [6.45, 7) is -1.47. The number of nitrogens with one attached hydrogen (secondary N) is 1. The number of rotatable bonds is 39. The smallest absolute Gasteiger partial charge is 0.304 e. The van der Waals surface area contributed by atoms with Gasteiger partial charge in [0, 0.05) is 54.2 Å². The van der Waals surface area contributed by atoms with E-state index in [1.807, 2.05) is 0 Å². The molecule has 0 bridgehead atoms. The first-order valence-electron chi connectivity index (χ1n) is 25.1. The standard InChI is InChI=1S/C17H32F5NO7S.C10H16ClF5OS.C10H17F5O2S.C7H17NO5.CH4.Cl2OS/c1-23(17(30)16(29)15(28)14(27)12(25)11-24)13(26)9-7-5-3-2-4-6-8-10-31(18,19,20,21)22;11-10(17)8-6-4-2-1-3-5-7-9-18(12,13,14,15)16;11-18(12,13,14,15)9-7-5-3-1-2-4-6-8-10(16)17;1-8-2-4(10)6(12)7(13)5(11)3-9;;1-4(2)3/h8,10,12,14-17,24-25,27-30H,2-7,9,11H2,1H3;7,9H,1-6,8H2;7,9H,1-6,8H2,(H,16,17);4-13H,2-3H2,1H3;1H4;/b10-8+;2*9-7+;;;. The fourth-order valence-electron chi connectivity index (χ4n) is 6.10. The van der Waals surface area contributed by atoms with Crippen LogP contribution in [0.15, 0.2) is 34.5 Å². The zero-order chi connectivity index (χ0) is 67.2. The van der Waals surface area contributed by atoms with Crippen LogP contribution in [0.3, 0.4) is 0 Å². The lowest BCUT2D eigenvalue weighted by Gasteiger charge is -2.36. The van der Waals surface area contributed by atoms with Crippen molar-refractivity contribution in [3.05, 3.63) is 34.5 Å². The van der Waals surface area contributed by atoms with E-state index in [9.17, 15) is 103 Å². The summed E-state index contributed by atoms with van der Waals surface area (Å²) < 4.78 is 188. The van der Waals surface area contributed by atoms with Crippen molar-refractivity contribution in [1.29, 1.82) is 0 Å². The summed E-state index contributed by atoms with van der Waals surface area (Å²) in [5, 5.41) is 110. The average Bonchev–Trinajstić information content (AvgIpc) is 3.33. The maximum Gasteiger partial charge on any atom is 0.304 e. The molecule has 40 heteroatoms. The number of carboxylic acids is 1. The molecule has 9 unspecified atom stereocenters. The number of aliphatic carboxylic acids is 1. The highest BCUT2D eigenvalue weighted by molar-refractivity contribution is 8.48.